The number of hydrogen-bond acceptors (Lipinski definition) is 5. The van der Waals surface area contributed by atoms with E-state index in [0.29, 0.717) is 0 Å². The molecule has 154 valence electrons. The number of thiazole rings is 1. The normalized spacial score (nSPS) is 9.55. The Morgan fingerprint density at radius 1 is 0.897 bits per heavy atom. The molecular weight excluding hydrogens is 376 g/mol. The van der Waals surface area contributed by atoms with E-state index in [1.165, 1.54) is 12.6 Å². The van der Waals surface area contributed by atoms with Crippen LogP contribution in [-0.4, -0.2) is 23.5 Å². The summed E-state index contributed by atoms with van der Waals surface area (Å²) in [5.74, 6) is 0. The van der Waals surface area contributed by atoms with E-state index >= 15 is 0 Å². The minimum absolute atomic E-state index is 0.260. The molecule has 1 aromatic heterocycles. The summed E-state index contributed by atoms with van der Waals surface area (Å²) >= 11 is 1.70. The Bertz CT molecular complexity index is 885. The number of nitrogens with one attached hydrogen (secondary N) is 2. The number of hydrogen-bond donors (Lipinski definition) is 3. The topological polar surface area (TPSA) is 86.6 Å². The first-order chi connectivity index (χ1) is 14.1. The maximum Gasteiger partial charge on any atom is 0.0897 e. The van der Waals surface area contributed by atoms with Crippen molar-refractivity contribution >= 4 is 22.8 Å². The van der Waals surface area contributed by atoms with E-state index in [4.69, 9.17) is 10.8 Å². The first kappa shape index (κ1) is 24.4. The molecule has 0 aliphatic rings. The fourth-order valence-electron chi connectivity index (χ4n) is 2.77. The second kappa shape index (κ2) is 13.5. The molecule has 0 saturated carbocycles. The van der Waals surface area contributed by atoms with Gasteiger partial charge in [-0.1, -0.05) is 62.4 Å². The lowest BCUT2D eigenvalue weighted by molar-refractivity contribution is 0.802. The highest BCUT2D eigenvalue weighted by Gasteiger charge is 2.10. The van der Waals surface area contributed by atoms with Crippen LogP contribution in [-0.2, 0) is 12.8 Å². The Labute approximate surface area is 178 Å². The zero-order valence-corrected chi connectivity index (χ0v) is 18.6. The molecule has 4 nitrogen and oxygen atoms in total. The van der Waals surface area contributed by atoms with Gasteiger partial charge in [0.1, 0.15) is 0 Å². The van der Waals surface area contributed by atoms with Crippen LogP contribution in [0.3, 0.4) is 0 Å². The van der Waals surface area contributed by atoms with Gasteiger partial charge in [-0.15, -0.1) is 11.3 Å². The highest BCUT2D eigenvalue weighted by atomic mass is 32.1. The molecule has 0 saturated heterocycles. The van der Waals surface area contributed by atoms with Gasteiger partial charge in [0.25, 0.3) is 0 Å². The highest BCUT2D eigenvalue weighted by Crippen LogP contribution is 2.14. The molecule has 0 fully saturated rings. The van der Waals surface area contributed by atoms with E-state index in [1.54, 1.807) is 11.3 Å². The summed E-state index contributed by atoms with van der Waals surface area (Å²) in [5, 5.41) is 19.9. The van der Waals surface area contributed by atoms with E-state index < -0.39 is 0 Å². The molecule has 0 aliphatic carbocycles. The Morgan fingerprint density at radius 3 is 2.14 bits per heavy atom. The molecule has 0 unspecified atom stereocenters. The van der Waals surface area contributed by atoms with Crippen molar-refractivity contribution < 1.29 is 0 Å². The molecule has 2 aromatic carbocycles. The summed E-state index contributed by atoms with van der Waals surface area (Å²) < 4.78 is 0. The minimum atomic E-state index is 0.260. The van der Waals surface area contributed by atoms with Crippen molar-refractivity contribution in [1.82, 2.24) is 4.98 Å². The van der Waals surface area contributed by atoms with Gasteiger partial charge in [0.15, 0.2) is 0 Å². The third kappa shape index (κ3) is 7.72. The van der Waals surface area contributed by atoms with Gasteiger partial charge in [-0.25, -0.2) is 4.98 Å². The first-order valence-corrected chi connectivity index (χ1v) is 10.8. The third-order valence-corrected chi connectivity index (χ3v) is 4.92. The lowest BCUT2D eigenvalue weighted by Gasteiger charge is -2.08. The van der Waals surface area contributed by atoms with Crippen molar-refractivity contribution in [3.63, 3.8) is 0 Å². The molecule has 4 N–H and O–H groups in total. The Hall–Kier alpha value is -2.63. The van der Waals surface area contributed by atoms with Crippen LogP contribution >= 0.6 is 11.3 Å². The number of aryl methyl sites for hydroxylation is 3. The number of rotatable bonds is 7. The standard InChI is InChI=1S/C21H21N3S.C2H6.CH5N/c1-15-24-19(14-25-15)12-6-8-16-7-5-11-18(13-16)21(23)20(22)17-9-3-2-4-10-17;2*1-2/h2-5,7,9-11,13-14,22-23H,6,8,12H2,1H3;1-2H3;2H2,1H3. The van der Waals surface area contributed by atoms with Crippen molar-refractivity contribution in [3.8, 4) is 0 Å². The largest absolute Gasteiger partial charge is 0.333 e. The highest BCUT2D eigenvalue weighted by molar-refractivity contribution is 7.09. The van der Waals surface area contributed by atoms with Crippen LogP contribution in [0.5, 0.6) is 0 Å². The van der Waals surface area contributed by atoms with Crippen LogP contribution in [0.15, 0.2) is 60.0 Å². The van der Waals surface area contributed by atoms with Crippen LogP contribution in [0.2, 0.25) is 0 Å². The van der Waals surface area contributed by atoms with Gasteiger partial charge >= 0.3 is 0 Å². The predicted octanol–water partition coefficient (Wildman–Crippen LogP) is 5.66. The summed E-state index contributed by atoms with van der Waals surface area (Å²) in [5.41, 5.74) is 8.97. The monoisotopic (exact) mass is 408 g/mol. The van der Waals surface area contributed by atoms with E-state index in [1.807, 2.05) is 69.3 Å². The SMILES string of the molecule is CC.CN.Cc1nc(CCCc2cccc(C(=N)C(=N)c3ccccc3)c2)cs1. The van der Waals surface area contributed by atoms with E-state index in [-0.39, 0.29) is 11.4 Å². The van der Waals surface area contributed by atoms with Crippen LogP contribution < -0.4 is 5.73 Å². The number of nitrogens with zero attached hydrogens (tertiary/aromatic N) is 1. The smallest absolute Gasteiger partial charge is 0.0897 e. The van der Waals surface area contributed by atoms with Crippen LogP contribution in [0, 0.1) is 17.7 Å². The molecule has 3 aromatic rings. The maximum atomic E-state index is 8.35. The van der Waals surface area contributed by atoms with Crippen molar-refractivity contribution in [3.05, 3.63) is 87.4 Å². The molecule has 0 radical (unpaired) electrons. The second-order valence-corrected chi connectivity index (χ2v) is 7.09. The fourth-order valence-corrected chi connectivity index (χ4v) is 3.42. The molecular formula is C24H32N4S. The van der Waals surface area contributed by atoms with Crippen molar-refractivity contribution in [2.45, 2.75) is 40.0 Å². The average molecular weight is 409 g/mol. The lowest BCUT2D eigenvalue weighted by atomic mass is 9.97. The molecule has 0 bridgehead atoms. The van der Waals surface area contributed by atoms with Gasteiger partial charge in [-0.3, -0.25) is 10.8 Å². The van der Waals surface area contributed by atoms with Crippen molar-refractivity contribution in [1.29, 1.82) is 10.8 Å². The van der Waals surface area contributed by atoms with Gasteiger partial charge in [0, 0.05) is 16.5 Å². The Morgan fingerprint density at radius 2 is 1.52 bits per heavy atom. The molecule has 0 spiro atoms. The zero-order valence-electron chi connectivity index (χ0n) is 17.8. The number of aromatic nitrogens is 1. The quantitative estimate of drug-likeness (QED) is 0.440. The second-order valence-electron chi connectivity index (χ2n) is 6.03. The Kier molecular flexibility index (Phi) is 11.4. The van der Waals surface area contributed by atoms with Crippen LogP contribution in [0.4, 0.5) is 0 Å². The fraction of sp³-hybridized carbons (Fsp3) is 0.292. The van der Waals surface area contributed by atoms with E-state index in [2.05, 4.69) is 22.2 Å². The van der Waals surface area contributed by atoms with Gasteiger partial charge in [0.05, 0.1) is 22.1 Å². The first-order valence-electron chi connectivity index (χ1n) is 9.94. The van der Waals surface area contributed by atoms with Gasteiger partial charge in [0.2, 0.25) is 0 Å². The van der Waals surface area contributed by atoms with Crippen molar-refractivity contribution in [2.75, 3.05) is 7.05 Å². The summed E-state index contributed by atoms with van der Waals surface area (Å²) in [4.78, 5) is 4.50. The number of nitrogens with two attached hydrogens (primary N) is 1. The van der Waals surface area contributed by atoms with Gasteiger partial charge < -0.3 is 5.73 Å². The van der Waals surface area contributed by atoms with Gasteiger partial charge in [-0.2, -0.15) is 0 Å². The molecule has 5 heteroatoms. The zero-order chi connectivity index (χ0) is 21.6. The van der Waals surface area contributed by atoms with E-state index in [9.17, 15) is 0 Å². The third-order valence-electron chi connectivity index (χ3n) is 4.09. The average Bonchev–Trinajstić information content (AvgIpc) is 3.21. The summed E-state index contributed by atoms with van der Waals surface area (Å²) in [7, 11) is 1.50. The molecule has 0 aliphatic heterocycles. The molecule has 1 heterocycles. The summed E-state index contributed by atoms with van der Waals surface area (Å²) in [6.45, 7) is 6.03. The summed E-state index contributed by atoms with van der Waals surface area (Å²) in [6.07, 6.45) is 2.97. The van der Waals surface area contributed by atoms with Crippen LogP contribution in [0.25, 0.3) is 0 Å². The minimum Gasteiger partial charge on any atom is -0.333 e. The van der Waals surface area contributed by atoms with E-state index in [0.717, 1.165) is 41.1 Å². The molecule has 3 rings (SSSR count). The molecule has 0 atom stereocenters. The number of benzene rings is 2. The van der Waals surface area contributed by atoms with Crippen LogP contribution in [0.1, 0.15) is 47.7 Å². The predicted molar refractivity (Wildman–Crippen MR) is 127 cm³/mol. The maximum absolute atomic E-state index is 8.35. The molecule has 29 heavy (non-hydrogen) atoms. The van der Waals surface area contributed by atoms with Gasteiger partial charge in [-0.05, 0) is 44.9 Å². The Balaban J connectivity index is 0.000000989. The summed E-state index contributed by atoms with van der Waals surface area (Å²) in [6, 6.07) is 17.5. The lowest BCUT2D eigenvalue weighted by Crippen LogP contribution is -2.14. The molecule has 0 amide bonds. The van der Waals surface area contributed by atoms with Crippen molar-refractivity contribution in [2.24, 2.45) is 5.73 Å².